The van der Waals surface area contributed by atoms with Crippen molar-refractivity contribution in [3.05, 3.63) is 127 Å². The molecular formula is C31H20AuN2O-2. The molecule has 0 aliphatic heterocycles. The van der Waals surface area contributed by atoms with E-state index in [0.29, 0.717) is 0 Å². The second-order valence-electron chi connectivity index (χ2n) is 8.05. The molecule has 0 saturated heterocycles. The summed E-state index contributed by atoms with van der Waals surface area (Å²) in [4.78, 5) is 5.12. The molecule has 1 N–H and O–H groups in total. The van der Waals surface area contributed by atoms with Crippen LogP contribution in [0.2, 0.25) is 0 Å². The van der Waals surface area contributed by atoms with Gasteiger partial charge in [0, 0.05) is 28.1 Å². The smallest absolute Gasteiger partial charge is 0.0901 e. The maximum atomic E-state index is 10.3. The van der Waals surface area contributed by atoms with Crippen LogP contribution in [0, 0.1) is 12.1 Å². The van der Waals surface area contributed by atoms with Crippen molar-refractivity contribution >= 4 is 11.0 Å². The monoisotopic (exact) mass is 633 g/mol. The van der Waals surface area contributed by atoms with E-state index in [2.05, 4.69) is 47.0 Å². The van der Waals surface area contributed by atoms with Crippen LogP contribution >= 0.6 is 0 Å². The first kappa shape index (κ1) is 22.9. The molecule has 0 bridgehead atoms. The fraction of sp³-hybridized carbons (Fsp3) is 0. The summed E-state index contributed by atoms with van der Waals surface area (Å²) in [6.45, 7) is 0. The molecule has 6 aromatic rings. The molecule has 35 heavy (non-hydrogen) atoms. The average molecular weight is 633 g/mol. The number of phenols is 1. The third-order valence-electron chi connectivity index (χ3n) is 5.93. The first-order valence-corrected chi connectivity index (χ1v) is 11.1. The topological polar surface area (TPSA) is 38.1 Å². The quantitative estimate of drug-likeness (QED) is 0.163. The number of imidazole rings is 1. The van der Waals surface area contributed by atoms with E-state index in [9.17, 15) is 5.11 Å². The van der Waals surface area contributed by atoms with Crippen LogP contribution in [-0.4, -0.2) is 14.7 Å². The van der Waals surface area contributed by atoms with E-state index < -0.39 is 0 Å². The summed E-state index contributed by atoms with van der Waals surface area (Å²) in [7, 11) is 0. The molecule has 0 fully saturated rings. The molecular weight excluding hydrogens is 613 g/mol. The zero-order chi connectivity index (χ0) is 22.9. The molecule has 0 spiro atoms. The van der Waals surface area contributed by atoms with Gasteiger partial charge in [0.2, 0.25) is 0 Å². The molecule has 173 valence electrons. The molecule has 0 atom stereocenters. The minimum absolute atomic E-state index is 0. The van der Waals surface area contributed by atoms with Crippen LogP contribution in [0.5, 0.6) is 5.75 Å². The predicted octanol–water partition coefficient (Wildman–Crippen LogP) is 7.33. The summed E-state index contributed by atoms with van der Waals surface area (Å²) in [6, 6.07) is 44.6. The van der Waals surface area contributed by atoms with Crippen LogP contribution in [0.1, 0.15) is 0 Å². The Bertz CT molecular complexity index is 1610. The van der Waals surface area contributed by atoms with E-state index in [1.807, 2.05) is 78.9 Å². The number of fused-ring (bicyclic) bond motifs is 1. The number of aromatic nitrogens is 2. The number of aromatic hydroxyl groups is 1. The minimum Gasteiger partial charge on any atom is -0.515 e. The predicted molar refractivity (Wildman–Crippen MR) is 137 cm³/mol. The Morgan fingerprint density at radius 3 is 2.06 bits per heavy atom. The van der Waals surface area contributed by atoms with Gasteiger partial charge in [-0.2, -0.15) is 0 Å². The fourth-order valence-electron chi connectivity index (χ4n) is 4.35. The number of hydrogen-bond acceptors (Lipinski definition) is 2. The fourth-order valence-corrected chi connectivity index (χ4v) is 4.35. The summed E-state index contributed by atoms with van der Waals surface area (Å²) in [5, 5.41) is 10.3. The zero-order valence-corrected chi connectivity index (χ0v) is 20.8. The van der Waals surface area contributed by atoms with Gasteiger partial charge in [0.15, 0.2) is 0 Å². The minimum atomic E-state index is 0. The molecule has 1 heterocycles. The van der Waals surface area contributed by atoms with Crippen LogP contribution < -0.4 is 0 Å². The average Bonchev–Trinajstić information content (AvgIpc) is 3.30. The van der Waals surface area contributed by atoms with Crippen LogP contribution in [0.15, 0.2) is 115 Å². The maximum Gasteiger partial charge on any atom is 0.0901 e. The molecule has 0 amide bonds. The molecule has 3 nitrogen and oxygen atoms in total. The van der Waals surface area contributed by atoms with Crippen molar-refractivity contribution in [2.75, 3.05) is 0 Å². The number of nitrogens with zero attached hydrogens (tertiary/aromatic N) is 2. The largest absolute Gasteiger partial charge is 0.515 e. The van der Waals surface area contributed by atoms with Gasteiger partial charge in [-0.25, -0.2) is 0 Å². The third-order valence-corrected chi connectivity index (χ3v) is 5.93. The summed E-state index contributed by atoms with van der Waals surface area (Å²) in [6.07, 6.45) is 0. The van der Waals surface area contributed by atoms with Gasteiger partial charge in [0.1, 0.15) is 0 Å². The molecule has 4 heteroatoms. The number of phenolic OH excluding ortho intramolecular Hbond substituents is 1. The van der Waals surface area contributed by atoms with E-state index >= 15 is 0 Å². The molecule has 5 aromatic carbocycles. The maximum absolute atomic E-state index is 10.3. The van der Waals surface area contributed by atoms with Gasteiger partial charge in [-0.05, 0) is 29.8 Å². The number of benzene rings is 5. The van der Waals surface area contributed by atoms with Gasteiger partial charge in [0.25, 0.3) is 0 Å². The zero-order valence-electron chi connectivity index (χ0n) is 18.6. The molecule has 6 rings (SSSR count). The normalized spacial score (nSPS) is 10.7. The van der Waals surface area contributed by atoms with Crippen molar-refractivity contribution in [1.82, 2.24) is 9.55 Å². The molecule has 0 aliphatic carbocycles. The first-order valence-electron chi connectivity index (χ1n) is 11.1. The van der Waals surface area contributed by atoms with Crippen LogP contribution in [-0.2, 0) is 22.4 Å². The van der Waals surface area contributed by atoms with Gasteiger partial charge in [-0.1, -0.05) is 54.1 Å². The van der Waals surface area contributed by atoms with E-state index in [1.165, 1.54) is 0 Å². The number of hydrogen-bond donors (Lipinski definition) is 1. The Balaban J connectivity index is 0.00000253. The molecule has 0 unspecified atom stereocenters. The molecule has 0 saturated carbocycles. The van der Waals surface area contributed by atoms with Gasteiger partial charge in [-0.3, -0.25) is 4.98 Å². The summed E-state index contributed by atoms with van der Waals surface area (Å²) in [5.74, 6) is 1.08. The molecule has 1 aromatic heterocycles. The standard InChI is InChI=1S/C31H20N2O.Au/c34-29-20-8-7-17-26(29)23-13-9-14-24(21-23)27-18-10-19-28-30(27)32-31(22-11-3-1-4-12-22)33(28)25-15-5-2-6-16-25;/h1-11,13-20,34H;/q-2;. The van der Waals surface area contributed by atoms with Crippen molar-refractivity contribution in [1.29, 1.82) is 0 Å². The van der Waals surface area contributed by atoms with Crippen LogP contribution in [0.3, 0.4) is 0 Å². The second kappa shape index (κ2) is 9.77. The SMILES string of the molecule is Oc1ccccc1-c1[c-]c(-c2cccc3c2nc(-c2[c-]cccc2)n3-c2ccccc2)ccc1.[Au]. The van der Waals surface area contributed by atoms with Gasteiger partial charge in [-0.15, -0.1) is 71.3 Å². The summed E-state index contributed by atoms with van der Waals surface area (Å²) >= 11 is 0. The Labute approximate surface area is 219 Å². The molecule has 0 aliphatic rings. The Morgan fingerprint density at radius 1 is 0.629 bits per heavy atom. The van der Waals surface area contributed by atoms with Crippen molar-refractivity contribution in [3.8, 4) is 45.1 Å². The number of rotatable bonds is 4. The summed E-state index contributed by atoms with van der Waals surface area (Å²) < 4.78 is 2.18. The first-order chi connectivity index (χ1) is 16.8. The van der Waals surface area contributed by atoms with Gasteiger partial charge in [0.05, 0.1) is 22.6 Å². The van der Waals surface area contributed by atoms with E-state index in [0.717, 1.165) is 50.4 Å². The van der Waals surface area contributed by atoms with Crippen molar-refractivity contribution in [3.63, 3.8) is 0 Å². The molecule has 1 radical (unpaired) electrons. The van der Waals surface area contributed by atoms with E-state index in [-0.39, 0.29) is 28.1 Å². The van der Waals surface area contributed by atoms with Crippen LogP contribution in [0.4, 0.5) is 0 Å². The van der Waals surface area contributed by atoms with E-state index in [4.69, 9.17) is 4.98 Å². The van der Waals surface area contributed by atoms with Crippen molar-refractivity contribution in [2.24, 2.45) is 0 Å². The van der Waals surface area contributed by atoms with Crippen LogP contribution in [0.25, 0.3) is 50.4 Å². The Morgan fingerprint density at radius 2 is 1.29 bits per heavy atom. The van der Waals surface area contributed by atoms with Gasteiger partial charge < -0.3 is 9.67 Å². The Hall–Kier alpha value is -3.89. The third kappa shape index (κ3) is 4.22. The second-order valence-corrected chi connectivity index (χ2v) is 8.05. The summed E-state index contributed by atoms with van der Waals surface area (Å²) in [5.41, 5.74) is 7.38. The Kier molecular flexibility index (Phi) is 6.39. The van der Waals surface area contributed by atoms with Crippen molar-refractivity contribution in [2.45, 2.75) is 0 Å². The van der Waals surface area contributed by atoms with E-state index in [1.54, 1.807) is 6.07 Å². The number of para-hydroxylation sites is 3. The van der Waals surface area contributed by atoms with Gasteiger partial charge >= 0.3 is 0 Å². The van der Waals surface area contributed by atoms with Crippen molar-refractivity contribution < 1.29 is 27.5 Å².